The van der Waals surface area contributed by atoms with Gasteiger partial charge in [0.15, 0.2) is 0 Å². The highest BCUT2D eigenvalue weighted by atomic mass is 16.5. The average molecular weight is 395 g/mol. The SMILES string of the molecule is O=C(CNc1ccccc1OCCOc1ccccc1)NCCC1=CCCCC1. The summed E-state index contributed by atoms with van der Waals surface area (Å²) >= 11 is 0. The molecule has 0 saturated heterocycles. The van der Waals surface area contributed by atoms with Crippen molar-refractivity contribution in [2.45, 2.75) is 32.1 Å². The number of para-hydroxylation sites is 3. The first-order valence-corrected chi connectivity index (χ1v) is 10.4. The summed E-state index contributed by atoms with van der Waals surface area (Å²) < 4.78 is 11.5. The third-order valence-electron chi connectivity index (χ3n) is 4.83. The van der Waals surface area contributed by atoms with Gasteiger partial charge in [0.05, 0.1) is 12.2 Å². The lowest BCUT2D eigenvalue weighted by Crippen LogP contribution is -2.31. The Hall–Kier alpha value is -2.95. The van der Waals surface area contributed by atoms with Gasteiger partial charge in [-0.05, 0) is 56.4 Å². The minimum atomic E-state index is -0.0105. The summed E-state index contributed by atoms with van der Waals surface area (Å²) in [5.74, 6) is 1.52. The largest absolute Gasteiger partial charge is 0.490 e. The van der Waals surface area contributed by atoms with Gasteiger partial charge in [-0.15, -0.1) is 0 Å². The number of carbonyl (C=O) groups is 1. The van der Waals surface area contributed by atoms with Crippen LogP contribution in [0.3, 0.4) is 0 Å². The lowest BCUT2D eigenvalue weighted by Gasteiger charge is -2.15. The molecule has 0 bridgehead atoms. The molecule has 0 saturated carbocycles. The van der Waals surface area contributed by atoms with Gasteiger partial charge >= 0.3 is 0 Å². The number of hydrogen-bond donors (Lipinski definition) is 2. The molecule has 5 nitrogen and oxygen atoms in total. The van der Waals surface area contributed by atoms with Crippen LogP contribution in [0.2, 0.25) is 0 Å². The molecule has 1 aliphatic carbocycles. The number of carbonyl (C=O) groups excluding carboxylic acids is 1. The number of nitrogens with one attached hydrogen (secondary N) is 2. The molecule has 2 N–H and O–H groups in total. The van der Waals surface area contributed by atoms with Crippen LogP contribution in [0.5, 0.6) is 11.5 Å². The van der Waals surface area contributed by atoms with Crippen molar-refractivity contribution in [3.8, 4) is 11.5 Å². The van der Waals surface area contributed by atoms with Gasteiger partial charge in [0, 0.05) is 6.54 Å². The van der Waals surface area contributed by atoms with Gasteiger partial charge in [0.2, 0.25) is 5.91 Å². The van der Waals surface area contributed by atoms with Crippen molar-refractivity contribution in [2.24, 2.45) is 0 Å². The highest BCUT2D eigenvalue weighted by Gasteiger charge is 2.07. The Kier molecular flexibility index (Phi) is 8.45. The fourth-order valence-corrected chi connectivity index (χ4v) is 3.30. The van der Waals surface area contributed by atoms with E-state index in [0.717, 1.165) is 17.9 Å². The molecule has 0 unspecified atom stereocenters. The molecule has 0 aromatic heterocycles. The third-order valence-corrected chi connectivity index (χ3v) is 4.83. The molecular weight excluding hydrogens is 364 g/mol. The van der Waals surface area contributed by atoms with Crippen molar-refractivity contribution >= 4 is 11.6 Å². The van der Waals surface area contributed by atoms with Crippen LogP contribution in [0.1, 0.15) is 32.1 Å². The second-order valence-electron chi connectivity index (χ2n) is 7.07. The molecule has 0 atom stereocenters. The van der Waals surface area contributed by atoms with E-state index in [-0.39, 0.29) is 12.5 Å². The standard InChI is InChI=1S/C24H30N2O3/c27-24(25-16-15-20-9-3-1-4-10-20)19-26-22-13-7-8-14-23(22)29-18-17-28-21-11-5-2-6-12-21/h2,5-9,11-14,26H,1,3-4,10,15-19H2,(H,25,27). The quantitative estimate of drug-likeness (QED) is 0.433. The summed E-state index contributed by atoms with van der Waals surface area (Å²) in [6.45, 7) is 1.80. The molecule has 2 aromatic carbocycles. The van der Waals surface area contributed by atoms with Crippen LogP contribution in [-0.2, 0) is 4.79 Å². The monoisotopic (exact) mass is 394 g/mol. The molecule has 0 fully saturated rings. The third kappa shape index (κ3) is 7.53. The lowest BCUT2D eigenvalue weighted by atomic mass is 9.97. The second kappa shape index (κ2) is 11.8. The molecule has 3 rings (SSSR count). The van der Waals surface area contributed by atoms with Crippen LogP contribution in [0, 0.1) is 0 Å². The Morgan fingerprint density at radius 2 is 1.72 bits per heavy atom. The van der Waals surface area contributed by atoms with Crippen molar-refractivity contribution < 1.29 is 14.3 Å². The molecule has 154 valence electrons. The number of hydrogen-bond acceptors (Lipinski definition) is 4. The second-order valence-corrected chi connectivity index (χ2v) is 7.07. The van der Waals surface area contributed by atoms with Crippen LogP contribution in [-0.4, -0.2) is 32.2 Å². The van der Waals surface area contributed by atoms with Crippen LogP contribution >= 0.6 is 0 Å². The number of allylic oxidation sites excluding steroid dienone is 1. The van der Waals surface area contributed by atoms with Crippen molar-refractivity contribution in [3.63, 3.8) is 0 Å². The summed E-state index contributed by atoms with van der Waals surface area (Å²) in [7, 11) is 0. The Bertz CT molecular complexity index is 790. The maximum absolute atomic E-state index is 12.1. The molecule has 1 aliphatic rings. The van der Waals surface area contributed by atoms with E-state index in [1.807, 2.05) is 54.6 Å². The highest BCUT2D eigenvalue weighted by Crippen LogP contribution is 2.23. The first-order chi connectivity index (χ1) is 14.3. The van der Waals surface area contributed by atoms with Crippen LogP contribution in [0.15, 0.2) is 66.2 Å². The van der Waals surface area contributed by atoms with Crippen molar-refractivity contribution in [3.05, 3.63) is 66.2 Å². The Morgan fingerprint density at radius 1 is 0.931 bits per heavy atom. The van der Waals surface area contributed by atoms with Gasteiger partial charge < -0.3 is 20.1 Å². The van der Waals surface area contributed by atoms with Crippen molar-refractivity contribution in [2.75, 3.05) is 31.6 Å². The van der Waals surface area contributed by atoms with E-state index in [2.05, 4.69) is 16.7 Å². The zero-order chi connectivity index (χ0) is 20.2. The van der Waals surface area contributed by atoms with E-state index in [0.29, 0.717) is 25.5 Å². The molecule has 0 aliphatic heterocycles. The molecule has 1 amide bonds. The summed E-state index contributed by atoms with van der Waals surface area (Å²) in [5, 5.41) is 6.15. The van der Waals surface area contributed by atoms with Gasteiger partial charge in [-0.1, -0.05) is 42.0 Å². The normalized spacial score (nSPS) is 13.3. The molecule has 0 heterocycles. The fourth-order valence-electron chi connectivity index (χ4n) is 3.30. The van der Waals surface area contributed by atoms with E-state index in [4.69, 9.17) is 9.47 Å². The van der Waals surface area contributed by atoms with Crippen LogP contribution in [0.4, 0.5) is 5.69 Å². The molecule has 5 heteroatoms. The number of ether oxygens (including phenoxy) is 2. The first-order valence-electron chi connectivity index (χ1n) is 10.4. The summed E-state index contributed by atoms with van der Waals surface area (Å²) in [5.41, 5.74) is 2.28. The molecule has 29 heavy (non-hydrogen) atoms. The van der Waals surface area contributed by atoms with Crippen LogP contribution < -0.4 is 20.1 Å². The maximum atomic E-state index is 12.1. The van der Waals surface area contributed by atoms with Gasteiger partial charge in [0.1, 0.15) is 24.7 Å². The lowest BCUT2D eigenvalue weighted by molar-refractivity contribution is -0.119. The van der Waals surface area contributed by atoms with Gasteiger partial charge in [-0.2, -0.15) is 0 Å². The summed E-state index contributed by atoms with van der Waals surface area (Å²) in [6, 6.07) is 17.3. The molecular formula is C24H30N2O3. The Labute approximate surface area is 173 Å². The average Bonchev–Trinajstić information content (AvgIpc) is 2.77. The summed E-state index contributed by atoms with van der Waals surface area (Å²) in [6.07, 6.45) is 8.19. The van der Waals surface area contributed by atoms with E-state index < -0.39 is 0 Å². The highest BCUT2D eigenvalue weighted by molar-refractivity contribution is 5.81. The summed E-state index contributed by atoms with van der Waals surface area (Å²) in [4.78, 5) is 12.1. The number of amides is 1. The fraction of sp³-hybridized carbons (Fsp3) is 0.375. The van der Waals surface area contributed by atoms with E-state index >= 15 is 0 Å². The van der Waals surface area contributed by atoms with Gasteiger partial charge in [0.25, 0.3) is 0 Å². The maximum Gasteiger partial charge on any atom is 0.239 e. The number of rotatable bonds is 11. The van der Waals surface area contributed by atoms with E-state index in [9.17, 15) is 4.79 Å². The van der Waals surface area contributed by atoms with E-state index in [1.165, 1.54) is 31.3 Å². The Balaban J connectivity index is 1.36. The predicted molar refractivity (Wildman–Crippen MR) is 117 cm³/mol. The minimum Gasteiger partial charge on any atom is -0.490 e. The zero-order valence-electron chi connectivity index (χ0n) is 16.9. The zero-order valence-corrected chi connectivity index (χ0v) is 16.9. The van der Waals surface area contributed by atoms with Gasteiger partial charge in [-0.3, -0.25) is 4.79 Å². The number of anilines is 1. The first kappa shape index (κ1) is 20.8. The van der Waals surface area contributed by atoms with Crippen molar-refractivity contribution in [1.29, 1.82) is 0 Å². The Morgan fingerprint density at radius 3 is 2.55 bits per heavy atom. The topological polar surface area (TPSA) is 59.6 Å². The van der Waals surface area contributed by atoms with Crippen LogP contribution in [0.25, 0.3) is 0 Å². The predicted octanol–water partition coefficient (Wildman–Crippen LogP) is 4.56. The number of benzene rings is 2. The van der Waals surface area contributed by atoms with E-state index in [1.54, 1.807) is 0 Å². The molecule has 0 spiro atoms. The van der Waals surface area contributed by atoms with Crippen molar-refractivity contribution in [1.82, 2.24) is 5.32 Å². The minimum absolute atomic E-state index is 0.0105. The van der Waals surface area contributed by atoms with Gasteiger partial charge in [-0.25, -0.2) is 0 Å². The molecule has 0 radical (unpaired) electrons. The smallest absolute Gasteiger partial charge is 0.239 e. The molecule has 2 aromatic rings.